The van der Waals surface area contributed by atoms with Gasteiger partial charge in [0.05, 0.1) is 4.47 Å². The fourth-order valence-corrected chi connectivity index (χ4v) is 6.80. The lowest BCUT2D eigenvalue weighted by atomic mass is 9.53. The summed E-state index contributed by atoms with van der Waals surface area (Å²) >= 11 is 3.31. The zero-order valence-corrected chi connectivity index (χ0v) is 23.7. The van der Waals surface area contributed by atoms with Crippen LogP contribution in [0.5, 0.6) is 0 Å². The van der Waals surface area contributed by atoms with Gasteiger partial charge < -0.3 is 9.42 Å². The Morgan fingerprint density at radius 3 is 2.35 bits per heavy atom. The molecule has 4 aliphatic rings. The number of Topliss-reactive ketones (excluding diaryl/α,β-unsaturated/α-hetero) is 1. The van der Waals surface area contributed by atoms with Crippen molar-refractivity contribution in [3.63, 3.8) is 0 Å². The summed E-state index contributed by atoms with van der Waals surface area (Å²) in [6, 6.07) is 4.85. The molecular formula is C29H37BrFN3O3. The molecule has 2 aromatic rings. The van der Waals surface area contributed by atoms with E-state index < -0.39 is 0 Å². The van der Waals surface area contributed by atoms with Gasteiger partial charge in [-0.2, -0.15) is 4.98 Å². The molecule has 2 bridgehead atoms. The maximum Gasteiger partial charge on any atom is 0.232 e. The van der Waals surface area contributed by atoms with E-state index in [4.69, 9.17) is 9.51 Å². The fourth-order valence-electron chi connectivity index (χ4n) is 6.44. The van der Waals surface area contributed by atoms with E-state index in [0.29, 0.717) is 36.1 Å². The van der Waals surface area contributed by atoms with Gasteiger partial charge in [-0.25, -0.2) is 4.39 Å². The van der Waals surface area contributed by atoms with Crippen molar-refractivity contribution >= 4 is 33.3 Å². The number of benzene rings is 1. The van der Waals surface area contributed by atoms with Crippen LogP contribution in [0.2, 0.25) is 0 Å². The first-order valence-corrected chi connectivity index (χ1v) is 14.4. The predicted molar refractivity (Wildman–Crippen MR) is 143 cm³/mol. The van der Waals surface area contributed by atoms with Crippen molar-refractivity contribution in [2.45, 2.75) is 102 Å². The number of carbonyl (C=O) groups excluding carboxylic acids is 2. The van der Waals surface area contributed by atoms with E-state index in [1.807, 2.05) is 4.90 Å². The molecule has 4 saturated carbocycles. The number of amides is 1. The van der Waals surface area contributed by atoms with Crippen molar-refractivity contribution in [1.29, 1.82) is 0 Å². The lowest BCUT2D eigenvalue weighted by molar-refractivity contribution is -0.124. The number of carbonyl (C=O) groups is 2. The third-order valence-electron chi connectivity index (χ3n) is 9.09. The van der Waals surface area contributed by atoms with Crippen LogP contribution in [0.25, 0.3) is 0 Å². The number of fused-ring (bicyclic) bond motifs is 3. The van der Waals surface area contributed by atoms with E-state index >= 15 is 0 Å². The first-order valence-electron chi connectivity index (χ1n) is 13.6. The molecule has 0 N–H and O–H groups in total. The zero-order chi connectivity index (χ0) is 26.4. The Labute approximate surface area is 226 Å². The average molecular weight is 575 g/mol. The third-order valence-corrected chi connectivity index (χ3v) is 9.70. The summed E-state index contributed by atoms with van der Waals surface area (Å²) in [6.07, 6.45) is 9.01. The second-order valence-corrected chi connectivity index (χ2v) is 13.6. The molecule has 4 fully saturated rings. The summed E-state index contributed by atoms with van der Waals surface area (Å²) in [5.41, 5.74) is 0.532. The van der Waals surface area contributed by atoms with Crippen molar-refractivity contribution < 1.29 is 18.5 Å². The van der Waals surface area contributed by atoms with Crippen molar-refractivity contribution in [2.24, 2.45) is 11.3 Å². The second-order valence-electron chi connectivity index (χ2n) is 12.7. The number of hydrogen-bond donors (Lipinski definition) is 0. The first-order chi connectivity index (χ1) is 17.5. The van der Waals surface area contributed by atoms with Gasteiger partial charge in [0, 0.05) is 42.3 Å². The molecule has 1 aromatic carbocycles. The number of anilines is 1. The molecule has 0 saturated heterocycles. The fraction of sp³-hybridized carbons (Fsp3) is 0.655. The molecule has 6 rings (SSSR count). The molecule has 0 radical (unpaired) electrons. The Kier molecular flexibility index (Phi) is 7.09. The van der Waals surface area contributed by atoms with E-state index in [1.54, 1.807) is 12.1 Å². The Hall–Kier alpha value is -2.09. The number of nitrogens with zero attached hydrogens (tertiary/aromatic N) is 3. The molecule has 4 aliphatic carbocycles. The van der Waals surface area contributed by atoms with Crippen LogP contribution in [-0.4, -0.2) is 28.4 Å². The van der Waals surface area contributed by atoms with Crippen LogP contribution in [0.4, 0.5) is 10.1 Å². The van der Waals surface area contributed by atoms with E-state index in [9.17, 15) is 14.0 Å². The van der Waals surface area contributed by atoms with Gasteiger partial charge >= 0.3 is 0 Å². The quantitative estimate of drug-likeness (QED) is 0.370. The van der Waals surface area contributed by atoms with Gasteiger partial charge in [0.1, 0.15) is 11.6 Å². The predicted octanol–water partition coefficient (Wildman–Crippen LogP) is 7.04. The number of aromatic nitrogens is 2. The van der Waals surface area contributed by atoms with Gasteiger partial charge in [0.2, 0.25) is 11.8 Å². The van der Waals surface area contributed by atoms with E-state index in [1.165, 1.54) is 6.07 Å². The third kappa shape index (κ3) is 5.41. The van der Waals surface area contributed by atoms with Gasteiger partial charge in [0.25, 0.3) is 0 Å². The second kappa shape index (κ2) is 9.90. The Morgan fingerprint density at radius 2 is 1.78 bits per heavy atom. The topological polar surface area (TPSA) is 76.3 Å². The van der Waals surface area contributed by atoms with Crippen molar-refractivity contribution in [3.05, 3.63) is 40.2 Å². The largest absolute Gasteiger partial charge is 0.339 e. The molecule has 0 spiro atoms. The molecular weight excluding hydrogens is 537 g/mol. The van der Waals surface area contributed by atoms with Crippen LogP contribution in [0.3, 0.4) is 0 Å². The van der Waals surface area contributed by atoms with Gasteiger partial charge in [-0.15, -0.1) is 0 Å². The molecule has 1 heterocycles. The Balaban J connectivity index is 1.34. The Bertz CT molecular complexity index is 1150. The molecule has 1 amide bonds. The van der Waals surface area contributed by atoms with E-state index in [-0.39, 0.29) is 33.9 Å². The minimum Gasteiger partial charge on any atom is -0.339 e. The molecule has 0 aliphatic heterocycles. The molecule has 0 unspecified atom stereocenters. The summed E-state index contributed by atoms with van der Waals surface area (Å²) in [5, 5.41) is 4.28. The standard InChI is InChI=1S/C29H37BrFN3O3/c1-27(2,3)25-32-26(37-33-25)29-13-10-28(11-14-29,12-15-29)18-34(20-6-9-23(31)22(30)17-20)24(36)16-19-4-7-21(35)8-5-19/h6,9,17,19H,4-5,7-8,10-16,18H2,1-3H3. The van der Waals surface area contributed by atoms with Gasteiger partial charge in [0.15, 0.2) is 5.82 Å². The normalized spacial score (nSPS) is 26.5. The smallest absolute Gasteiger partial charge is 0.232 e. The Morgan fingerprint density at radius 1 is 1.14 bits per heavy atom. The lowest BCUT2D eigenvalue weighted by Gasteiger charge is -2.53. The van der Waals surface area contributed by atoms with Crippen LogP contribution in [0.1, 0.15) is 103 Å². The maximum absolute atomic E-state index is 14.1. The van der Waals surface area contributed by atoms with E-state index in [0.717, 1.165) is 68.8 Å². The highest BCUT2D eigenvalue weighted by Crippen LogP contribution is 2.58. The molecule has 37 heavy (non-hydrogen) atoms. The number of ketones is 1. The molecule has 8 heteroatoms. The van der Waals surface area contributed by atoms with Crippen LogP contribution in [0, 0.1) is 17.2 Å². The zero-order valence-electron chi connectivity index (χ0n) is 22.1. The summed E-state index contributed by atoms with van der Waals surface area (Å²) in [6.45, 7) is 6.91. The number of halogens is 2. The maximum atomic E-state index is 14.1. The van der Waals surface area contributed by atoms with Gasteiger partial charge in [-0.1, -0.05) is 25.9 Å². The van der Waals surface area contributed by atoms with Crippen LogP contribution in [-0.2, 0) is 20.4 Å². The number of hydrogen-bond acceptors (Lipinski definition) is 5. The molecule has 0 atom stereocenters. The molecule has 1 aromatic heterocycles. The van der Waals surface area contributed by atoms with Crippen molar-refractivity contribution in [3.8, 4) is 0 Å². The highest BCUT2D eigenvalue weighted by atomic mass is 79.9. The summed E-state index contributed by atoms with van der Waals surface area (Å²) < 4.78 is 20.2. The van der Waals surface area contributed by atoms with Crippen LogP contribution in [0.15, 0.2) is 27.2 Å². The van der Waals surface area contributed by atoms with Crippen molar-refractivity contribution in [2.75, 3.05) is 11.4 Å². The summed E-state index contributed by atoms with van der Waals surface area (Å²) in [4.78, 5) is 32.1. The minimum atomic E-state index is -0.339. The molecule has 200 valence electrons. The van der Waals surface area contributed by atoms with Crippen LogP contribution >= 0.6 is 15.9 Å². The average Bonchev–Trinajstić information content (AvgIpc) is 3.39. The van der Waals surface area contributed by atoms with Crippen molar-refractivity contribution in [1.82, 2.24) is 10.1 Å². The lowest BCUT2D eigenvalue weighted by Crippen LogP contribution is -2.51. The van der Waals surface area contributed by atoms with Gasteiger partial charge in [-0.05, 0) is 96.8 Å². The van der Waals surface area contributed by atoms with Crippen LogP contribution < -0.4 is 4.90 Å². The molecule has 6 nitrogen and oxygen atoms in total. The highest BCUT2D eigenvalue weighted by molar-refractivity contribution is 9.10. The first kappa shape index (κ1) is 26.5. The SMILES string of the molecule is CC(C)(C)c1noc(C23CCC(CN(C(=O)CC4CCC(=O)CC4)c4ccc(F)c(Br)c4)(CC2)CC3)n1. The minimum absolute atomic E-state index is 0.0215. The summed E-state index contributed by atoms with van der Waals surface area (Å²) in [5.74, 6) is 1.78. The monoisotopic (exact) mass is 573 g/mol. The highest BCUT2D eigenvalue weighted by Gasteiger charge is 2.53. The van der Waals surface area contributed by atoms with E-state index in [2.05, 4.69) is 41.9 Å². The summed E-state index contributed by atoms with van der Waals surface area (Å²) in [7, 11) is 0. The van der Waals surface area contributed by atoms with Gasteiger partial charge in [-0.3, -0.25) is 9.59 Å². The number of rotatable bonds is 6.